The van der Waals surface area contributed by atoms with Crippen LogP contribution >= 0.6 is 0 Å². The lowest BCUT2D eigenvalue weighted by Gasteiger charge is -2.57. The van der Waals surface area contributed by atoms with Crippen molar-refractivity contribution in [2.75, 3.05) is 13.2 Å². The van der Waals surface area contributed by atoms with Crippen LogP contribution in [0.5, 0.6) is 0 Å². The molecule has 1 saturated carbocycles. The fraction of sp³-hybridized carbons (Fsp3) is 0.800. The highest BCUT2D eigenvalue weighted by Crippen LogP contribution is 2.60. The zero-order valence-corrected chi connectivity index (χ0v) is 11.6. The van der Waals surface area contributed by atoms with Crippen LogP contribution in [-0.4, -0.2) is 35.5 Å². The molecule has 106 valence electrons. The summed E-state index contributed by atoms with van der Waals surface area (Å²) in [5.41, 5.74) is 0.267. The molecule has 0 amide bonds. The van der Waals surface area contributed by atoms with Crippen LogP contribution in [0.25, 0.3) is 0 Å². The van der Waals surface area contributed by atoms with E-state index >= 15 is 0 Å². The van der Waals surface area contributed by atoms with Gasteiger partial charge >= 0.3 is 5.97 Å². The van der Waals surface area contributed by atoms with Gasteiger partial charge in [0.2, 0.25) is 0 Å². The molecule has 0 spiro atoms. The van der Waals surface area contributed by atoms with E-state index in [1.165, 1.54) is 0 Å². The van der Waals surface area contributed by atoms with Crippen molar-refractivity contribution in [1.82, 2.24) is 0 Å². The molecule has 1 heterocycles. The second-order valence-corrected chi connectivity index (χ2v) is 6.82. The standard InChI is InChI=1S/C15H22O4/c1-14-6-5-12(17)15(2,8-16)11(14)4-3-9-10(14)7-19-13(9)18/h3,10-12,16-17H,4-8H2,1-2H3. The first kappa shape index (κ1) is 13.1. The molecular weight excluding hydrogens is 244 g/mol. The van der Waals surface area contributed by atoms with Gasteiger partial charge in [0.25, 0.3) is 0 Å². The van der Waals surface area contributed by atoms with Gasteiger partial charge in [-0.2, -0.15) is 0 Å². The van der Waals surface area contributed by atoms with Gasteiger partial charge in [-0.3, -0.25) is 0 Å². The zero-order chi connectivity index (χ0) is 13.8. The van der Waals surface area contributed by atoms with Crippen molar-refractivity contribution in [3.63, 3.8) is 0 Å². The van der Waals surface area contributed by atoms with Crippen LogP contribution in [0.3, 0.4) is 0 Å². The van der Waals surface area contributed by atoms with E-state index in [9.17, 15) is 15.0 Å². The Morgan fingerprint density at radius 1 is 1.47 bits per heavy atom. The highest BCUT2D eigenvalue weighted by Gasteiger charge is 2.59. The summed E-state index contributed by atoms with van der Waals surface area (Å²) in [4.78, 5) is 11.7. The monoisotopic (exact) mass is 266 g/mol. The second-order valence-electron chi connectivity index (χ2n) is 6.82. The molecule has 3 aliphatic rings. The molecule has 1 aliphatic heterocycles. The Labute approximate surface area is 113 Å². The predicted octanol–water partition coefficient (Wildman–Crippen LogP) is 1.27. The lowest BCUT2D eigenvalue weighted by Crippen LogP contribution is -2.57. The predicted molar refractivity (Wildman–Crippen MR) is 69.2 cm³/mol. The largest absolute Gasteiger partial charge is 0.462 e. The maximum atomic E-state index is 11.7. The summed E-state index contributed by atoms with van der Waals surface area (Å²) in [6.07, 6.45) is 3.81. The van der Waals surface area contributed by atoms with Crippen LogP contribution in [0.4, 0.5) is 0 Å². The first-order valence-corrected chi connectivity index (χ1v) is 7.09. The summed E-state index contributed by atoms with van der Waals surface area (Å²) in [5, 5.41) is 20.1. The third kappa shape index (κ3) is 1.56. The van der Waals surface area contributed by atoms with Gasteiger partial charge in [0, 0.05) is 16.9 Å². The van der Waals surface area contributed by atoms with Crippen LogP contribution in [-0.2, 0) is 9.53 Å². The Balaban J connectivity index is 2.04. The van der Waals surface area contributed by atoms with Gasteiger partial charge < -0.3 is 14.9 Å². The normalized spacial score (nSPS) is 49.2. The van der Waals surface area contributed by atoms with Crippen molar-refractivity contribution in [1.29, 1.82) is 0 Å². The first-order valence-electron chi connectivity index (χ1n) is 7.09. The number of fused-ring (bicyclic) bond motifs is 3. The number of aliphatic hydroxyl groups is 2. The van der Waals surface area contributed by atoms with Gasteiger partial charge in [-0.05, 0) is 30.6 Å². The average Bonchev–Trinajstić information content (AvgIpc) is 2.78. The van der Waals surface area contributed by atoms with Gasteiger partial charge in [0.05, 0.1) is 19.3 Å². The van der Waals surface area contributed by atoms with Crippen molar-refractivity contribution in [3.05, 3.63) is 11.6 Å². The molecule has 0 aromatic rings. The van der Waals surface area contributed by atoms with Crippen LogP contribution in [0, 0.1) is 22.7 Å². The summed E-state index contributed by atoms with van der Waals surface area (Å²) >= 11 is 0. The van der Waals surface area contributed by atoms with E-state index in [0.717, 1.165) is 18.4 Å². The highest BCUT2D eigenvalue weighted by atomic mass is 16.5. The molecule has 0 aromatic carbocycles. The molecule has 0 aromatic heterocycles. The molecule has 1 saturated heterocycles. The average molecular weight is 266 g/mol. The van der Waals surface area contributed by atoms with E-state index in [1.54, 1.807) is 0 Å². The van der Waals surface area contributed by atoms with Gasteiger partial charge in [-0.25, -0.2) is 4.79 Å². The lowest BCUT2D eigenvalue weighted by molar-refractivity contribution is -0.144. The summed E-state index contributed by atoms with van der Waals surface area (Å²) < 4.78 is 5.21. The van der Waals surface area contributed by atoms with E-state index in [1.807, 2.05) is 13.0 Å². The van der Waals surface area contributed by atoms with Gasteiger partial charge in [0.1, 0.15) is 0 Å². The number of hydrogen-bond donors (Lipinski definition) is 2. The number of carbonyl (C=O) groups is 1. The van der Waals surface area contributed by atoms with E-state index < -0.39 is 11.5 Å². The minimum atomic E-state index is -0.485. The number of hydrogen-bond acceptors (Lipinski definition) is 4. The molecule has 4 heteroatoms. The number of aliphatic hydroxyl groups excluding tert-OH is 2. The molecule has 2 aliphatic carbocycles. The Kier molecular flexibility index (Phi) is 2.81. The summed E-state index contributed by atoms with van der Waals surface area (Å²) in [5.74, 6) is 0.135. The number of allylic oxidation sites excluding steroid dienone is 1. The Hall–Kier alpha value is -0.870. The number of carbonyl (C=O) groups excluding carboxylic acids is 1. The van der Waals surface area contributed by atoms with E-state index in [0.29, 0.717) is 13.0 Å². The molecule has 0 radical (unpaired) electrons. The number of rotatable bonds is 1. The van der Waals surface area contributed by atoms with Crippen molar-refractivity contribution in [2.45, 2.75) is 39.2 Å². The minimum absolute atomic E-state index is 0.0148. The minimum Gasteiger partial charge on any atom is -0.462 e. The second kappa shape index (κ2) is 4.06. The molecule has 0 bridgehead atoms. The molecule has 2 N–H and O–H groups in total. The maximum absolute atomic E-state index is 11.7. The molecule has 19 heavy (non-hydrogen) atoms. The topological polar surface area (TPSA) is 66.8 Å². The van der Waals surface area contributed by atoms with Crippen LogP contribution in [0.15, 0.2) is 11.6 Å². The molecular formula is C15H22O4. The third-order valence-corrected chi connectivity index (χ3v) is 6.01. The van der Waals surface area contributed by atoms with Crippen LogP contribution in [0.2, 0.25) is 0 Å². The molecule has 3 rings (SSSR count). The maximum Gasteiger partial charge on any atom is 0.334 e. The number of ether oxygens (including phenoxy) is 1. The van der Waals surface area contributed by atoms with Crippen molar-refractivity contribution in [2.24, 2.45) is 22.7 Å². The number of esters is 1. The fourth-order valence-electron chi connectivity index (χ4n) is 4.60. The smallest absolute Gasteiger partial charge is 0.334 e. The Morgan fingerprint density at radius 3 is 2.89 bits per heavy atom. The Morgan fingerprint density at radius 2 is 2.21 bits per heavy atom. The van der Waals surface area contributed by atoms with E-state index in [2.05, 4.69) is 6.92 Å². The summed E-state index contributed by atoms with van der Waals surface area (Å²) in [6.45, 7) is 4.60. The van der Waals surface area contributed by atoms with Crippen LogP contribution in [0.1, 0.15) is 33.1 Å². The molecule has 2 fully saturated rings. The summed E-state index contributed by atoms with van der Waals surface area (Å²) in [7, 11) is 0. The summed E-state index contributed by atoms with van der Waals surface area (Å²) in [6, 6.07) is 0. The molecule has 4 nitrogen and oxygen atoms in total. The third-order valence-electron chi connectivity index (χ3n) is 6.01. The quantitative estimate of drug-likeness (QED) is 0.701. The zero-order valence-electron chi connectivity index (χ0n) is 11.6. The van der Waals surface area contributed by atoms with E-state index in [-0.39, 0.29) is 29.8 Å². The van der Waals surface area contributed by atoms with Crippen LogP contribution < -0.4 is 0 Å². The van der Waals surface area contributed by atoms with Crippen molar-refractivity contribution in [3.8, 4) is 0 Å². The van der Waals surface area contributed by atoms with E-state index in [4.69, 9.17) is 4.74 Å². The first-order chi connectivity index (χ1) is 8.93. The van der Waals surface area contributed by atoms with Gasteiger partial charge in [-0.15, -0.1) is 0 Å². The fourth-order valence-corrected chi connectivity index (χ4v) is 4.60. The Bertz CT molecular complexity index is 443. The molecule has 5 atom stereocenters. The van der Waals surface area contributed by atoms with Crippen molar-refractivity contribution >= 4 is 5.97 Å². The number of cyclic esters (lactones) is 1. The van der Waals surface area contributed by atoms with Gasteiger partial charge in [-0.1, -0.05) is 19.9 Å². The molecule has 5 unspecified atom stereocenters. The van der Waals surface area contributed by atoms with Gasteiger partial charge in [0.15, 0.2) is 0 Å². The highest BCUT2D eigenvalue weighted by molar-refractivity contribution is 5.91. The lowest BCUT2D eigenvalue weighted by atomic mass is 9.48. The SMILES string of the molecule is CC1(CO)C(O)CCC2(C)C3COC(=O)C3=CCC12. The van der Waals surface area contributed by atoms with Crippen molar-refractivity contribution < 1.29 is 19.7 Å².